The van der Waals surface area contributed by atoms with E-state index in [2.05, 4.69) is 4.98 Å². The summed E-state index contributed by atoms with van der Waals surface area (Å²) < 4.78 is 0. The van der Waals surface area contributed by atoms with Crippen molar-refractivity contribution in [1.29, 1.82) is 0 Å². The summed E-state index contributed by atoms with van der Waals surface area (Å²) in [5.74, 6) is -2.62. The van der Waals surface area contributed by atoms with Crippen molar-refractivity contribution in [2.75, 3.05) is 0 Å². The number of hydrogen-bond acceptors (Lipinski definition) is 3. The lowest BCUT2D eigenvalue weighted by atomic mass is 9.96. The minimum atomic E-state index is -1.34. The van der Waals surface area contributed by atoms with E-state index in [0.29, 0.717) is 5.46 Å². The summed E-state index contributed by atoms with van der Waals surface area (Å²) in [6, 6.07) is 1.28. The molecule has 1 heterocycles. The first-order valence-electron chi connectivity index (χ1n) is 3.45. The summed E-state index contributed by atoms with van der Waals surface area (Å²) in [5, 5.41) is 17.2. The van der Waals surface area contributed by atoms with Crippen molar-refractivity contribution in [2.24, 2.45) is 0 Å². The highest BCUT2D eigenvalue weighted by Gasteiger charge is 2.16. The summed E-state index contributed by atoms with van der Waals surface area (Å²) in [4.78, 5) is 24.6. The third-order valence-electron chi connectivity index (χ3n) is 1.46. The molecule has 0 aliphatic heterocycles. The molecule has 0 spiro atoms. The highest BCUT2D eigenvalue weighted by atomic mass is 16.4. The maximum atomic E-state index is 10.6. The molecular weight excluding hydrogens is 173 g/mol. The molecule has 5 nitrogen and oxygen atoms in total. The van der Waals surface area contributed by atoms with Gasteiger partial charge in [-0.05, 0) is 0 Å². The molecule has 1 aromatic heterocycles. The number of carbonyl (C=O) groups is 2. The van der Waals surface area contributed by atoms with E-state index in [1.807, 2.05) is 0 Å². The summed E-state index contributed by atoms with van der Waals surface area (Å²) in [7, 11) is 1.64. The zero-order valence-corrected chi connectivity index (χ0v) is 6.81. The molecule has 0 saturated carbocycles. The maximum absolute atomic E-state index is 10.6. The Morgan fingerprint density at radius 3 is 2.38 bits per heavy atom. The first kappa shape index (κ1) is 9.24. The van der Waals surface area contributed by atoms with Gasteiger partial charge in [-0.2, -0.15) is 0 Å². The summed E-state index contributed by atoms with van der Waals surface area (Å²) in [6.07, 6.45) is 1.32. The Balaban J connectivity index is 3.35. The Labute approximate surface area is 74.4 Å². The molecule has 66 valence electrons. The minimum Gasteiger partial charge on any atom is -0.478 e. The van der Waals surface area contributed by atoms with Crippen LogP contribution in [0.4, 0.5) is 0 Å². The van der Waals surface area contributed by atoms with Gasteiger partial charge in [-0.1, -0.05) is 11.5 Å². The quantitative estimate of drug-likeness (QED) is 0.553. The Morgan fingerprint density at radius 2 is 1.92 bits per heavy atom. The van der Waals surface area contributed by atoms with Gasteiger partial charge in [0.1, 0.15) is 7.85 Å². The van der Waals surface area contributed by atoms with Crippen molar-refractivity contribution >= 4 is 25.2 Å². The highest BCUT2D eigenvalue weighted by Crippen LogP contribution is 2.03. The number of pyridine rings is 1. The molecule has 0 fully saturated rings. The van der Waals surface area contributed by atoms with Gasteiger partial charge in [-0.15, -0.1) is 0 Å². The molecule has 1 aromatic rings. The second-order valence-electron chi connectivity index (χ2n) is 2.52. The molecule has 0 saturated heterocycles. The summed E-state index contributed by atoms with van der Waals surface area (Å²) in [6.45, 7) is 0. The van der Waals surface area contributed by atoms with Gasteiger partial charge in [0.25, 0.3) is 0 Å². The third kappa shape index (κ3) is 1.84. The van der Waals surface area contributed by atoms with E-state index in [9.17, 15) is 9.59 Å². The molecule has 2 N–H and O–H groups in total. The van der Waals surface area contributed by atoms with Gasteiger partial charge in [0.2, 0.25) is 0 Å². The fourth-order valence-electron chi connectivity index (χ4n) is 0.903. The van der Waals surface area contributed by atoms with Gasteiger partial charge >= 0.3 is 11.9 Å². The van der Waals surface area contributed by atoms with E-state index in [1.165, 1.54) is 12.3 Å². The van der Waals surface area contributed by atoms with E-state index >= 15 is 0 Å². The first-order valence-corrected chi connectivity index (χ1v) is 3.45. The van der Waals surface area contributed by atoms with Crippen LogP contribution in [0.15, 0.2) is 12.3 Å². The van der Waals surface area contributed by atoms with Crippen molar-refractivity contribution < 1.29 is 19.8 Å². The molecular formula is C7H6BNO4. The van der Waals surface area contributed by atoms with Crippen LogP contribution in [-0.2, 0) is 0 Å². The van der Waals surface area contributed by atoms with Gasteiger partial charge in [-0.3, -0.25) is 0 Å². The van der Waals surface area contributed by atoms with Gasteiger partial charge in [-0.25, -0.2) is 14.6 Å². The van der Waals surface area contributed by atoms with Gasteiger partial charge in [0, 0.05) is 6.20 Å². The monoisotopic (exact) mass is 179 g/mol. The zero-order valence-electron chi connectivity index (χ0n) is 6.81. The Morgan fingerprint density at radius 1 is 1.31 bits per heavy atom. The molecule has 0 unspecified atom stereocenters. The average molecular weight is 179 g/mol. The van der Waals surface area contributed by atoms with E-state index < -0.39 is 17.6 Å². The van der Waals surface area contributed by atoms with Crippen molar-refractivity contribution in [3.8, 4) is 0 Å². The first-order chi connectivity index (χ1) is 6.02. The van der Waals surface area contributed by atoms with Crippen LogP contribution in [0.1, 0.15) is 20.8 Å². The lowest BCUT2D eigenvalue weighted by molar-refractivity contribution is 0.0646. The van der Waals surface area contributed by atoms with Gasteiger partial charge in [0.05, 0.1) is 5.56 Å². The number of aromatic nitrogens is 1. The lowest BCUT2D eigenvalue weighted by Gasteiger charge is -2.00. The number of carboxylic acid groups (broad SMARTS) is 2. The summed E-state index contributed by atoms with van der Waals surface area (Å²) >= 11 is 0. The van der Waals surface area contributed by atoms with Crippen LogP contribution in [-0.4, -0.2) is 35.0 Å². The van der Waals surface area contributed by atoms with Crippen molar-refractivity contribution in [3.63, 3.8) is 0 Å². The second-order valence-corrected chi connectivity index (χ2v) is 2.52. The average Bonchev–Trinajstić information content (AvgIpc) is 2.03. The van der Waals surface area contributed by atoms with Crippen LogP contribution in [0.3, 0.4) is 0 Å². The molecule has 1 rings (SSSR count). The Kier molecular flexibility index (Phi) is 2.32. The Hall–Kier alpha value is -1.85. The number of rotatable bonds is 2. The molecule has 0 aliphatic carbocycles. The normalized spacial score (nSPS) is 9.54. The standard InChI is InChI=1S/C7H6BNO4/c8-3-1-4(6(10)11)5(7(12)13)9-2-3/h1-2H,8H2,(H,10,11)(H,12,13). The van der Waals surface area contributed by atoms with E-state index in [-0.39, 0.29) is 5.56 Å². The zero-order chi connectivity index (χ0) is 10.0. The fraction of sp³-hybridized carbons (Fsp3) is 0. The minimum absolute atomic E-state index is 0.285. The second kappa shape index (κ2) is 3.26. The molecule has 0 aliphatic rings. The van der Waals surface area contributed by atoms with Gasteiger partial charge in [0.15, 0.2) is 5.69 Å². The topological polar surface area (TPSA) is 87.5 Å². The van der Waals surface area contributed by atoms with Crippen LogP contribution in [0.25, 0.3) is 0 Å². The molecule has 0 aromatic carbocycles. The van der Waals surface area contributed by atoms with E-state index in [1.54, 1.807) is 7.85 Å². The van der Waals surface area contributed by atoms with Crippen molar-refractivity contribution in [2.45, 2.75) is 0 Å². The van der Waals surface area contributed by atoms with Crippen LogP contribution < -0.4 is 5.46 Å². The lowest BCUT2D eigenvalue weighted by Crippen LogP contribution is -2.16. The van der Waals surface area contributed by atoms with Gasteiger partial charge < -0.3 is 10.2 Å². The predicted molar refractivity (Wildman–Crippen MR) is 46.3 cm³/mol. The molecule has 6 heteroatoms. The number of aromatic carboxylic acids is 2. The molecule has 0 radical (unpaired) electrons. The molecule has 0 bridgehead atoms. The molecule has 13 heavy (non-hydrogen) atoms. The van der Waals surface area contributed by atoms with Crippen LogP contribution in [0.2, 0.25) is 0 Å². The predicted octanol–water partition coefficient (Wildman–Crippen LogP) is -1.26. The highest BCUT2D eigenvalue weighted by molar-refractivity contribution is 6.32. The number of nitrogens with zero attached hydrogens (tertiary/aromatic N) is 1. The third-order valence-corrected chi connectivity index (χ3v) is 1.46. The molecule has 0 atom stereocenters. The number of hydrogen-bond donors (Lipinski definition) is 2. The van der Waals surface area contributed by atoms with Crippen LogP contribution in [0, 0.1) is 0 Å². The van der Waals surface area contributed by atoms with Crippen LogP contribution in [0.5, 0.6) is 0 Å². The summed E-state index contributed by atoms with van der Waals surface area (Å²) in [5.41, 5.74) is -0.104. The number of carboxylic acids is 2. The largest absolute Gasteiger partial charge is 0.478 e. The smallest absolute Gasteiger partial charge is 0.355 e. The Bertz CT molecular complexity index is 377. The van der Waals surface area contributed by atoms with E-state index in [4.69, 9.17) is 10.2 Å². The van der Waals surface area contributed by atoms with E-state index in [0.717, 1.165) is 0 Å². The SMILES string of the molecule is Bc1cnc(C(=O)O)c(C(=O)O)c1. The van der Waals surface area contributed by atoms with Crippen molar-refractivity contribution in [3.05, 3.63) is 23.5 Å². The molecule has 0 amide bonds. The van der Waals surface area contributed by atoms with Crippen molar-refractivity contribution in [1.82, 2.24) is 4.98 Å². The fourth-order valence-corrected chi connectivity index (χ4v) is 0.903. The maximum Gasteiger partial charge on any atom is 0.355 e. The van der Waals surface area contributed by atoms with Crippen LogP contribution >= 0.6 is 0 Å².